The third kappa shape index (κ3) is 3.26. The number of rotatable bonds is 5. The lowest BCUT2D eigenvalue weighted by atomic mass is 10.1. The molecule has 0 N–H and O–H groups in total. The molecule has 112 valence electrons. The molecule has 0 atom stereocenters. The van der Waals surface area contributed by atoms with Gasteiger partial charge in [-0.15, -0.1) is 11.3 Å². The molecule has 0 saturated heterocycles. The van der Waals surface area contributed by atoms with Crippen molar-refractivity contribution < 1.29 is 13.6 Å². The van der Waals surface area contributed by atoms with Crippen LogP contribution < -0.4 is 0 Å². The van der Waals surface area contributed by atoms with Gasteiger partial charge in [0, 0.05) is 17.0 Å². The predicted molar refractivity (Wildman–Crippen MR) is 83.0 cm³/mol. The van der Waals surface area contributed by atoms with E-state index in [0.717, 1.165) is 10.4 Å². The van der Waals surface area contributed by atoms with Crippen molar-refractivity contribution in [3.63, 3.8) is 0 Å². The van der Waals surface area contributed by atoms with Crippen molar-refractivity contribution >= 4 is 17.2 Å². The minimum absolute atomic E-state index is 0.0857. The number of amides is 1. The van der Waals surface area contributed by atoms with E-state index in [-0.39, 0.29) is 11.5 Å². The highest BCUT2D eigenvalue weighted by atomic mass is 32.1. The van der Waals surface area contributed by atoms with Gasteiger partial charge >= 0.3 is 0 Å². The summed E-state index contributed by atoms with van der Waals surface area (Å²) < 4.78 is 18.9. The van der Waals surface area contributed by atoms with Crippen molar-refractivity contribution in [3.05, 3.63) is 82.2 Å². The van der Waals surface area contributed by atoms with E-state index in [0.29, 0.717) is 13.1 Å². The molecular formula is C17H14FNO2S. The lowest BCUT2D eigenvalue weighted by Gasteiger charge is -2.22. The Balaban J connectivity index is 1.87. The first-order valence-corrected chi connectivity index (χ1v) is 7.69. The summed E-state index contributed by atoms with van der Waals surface area (Å²) in [6.07, 6.45) is 3.16. The Morgan fingerprint density at radius 2 is 2.00 bits per heavy atom. The summed E-state index contributed by atoms with van der Waals surface area (Å²) in [7, 11) is 0. The van der Waals surface area contributed by atoms with E-state index in [4.69, 9.17) is 4.42 Å². The van der Waals surface area contributed by atoms with Gasteiger partial charge in [-0.1, -0.05) is 18.2 Å². The number of hydrogen-bond donors (Lipinski definition) is 0. The predicted octanol–water partition coefficient (Wildman–Crippen LogP) is 4.32. The van der Waals surface area contributed by atoms with Gasteiger partial charge in [-0.3, -0.25) is 4.79 Å². The van der Waals surface area contributed by atoms with Crippen molar-refractivity contribution in [3.8, 4) is 0 Å². The van der Waals surface area contributed by atoms with Gasteiger partial charge in [-0.25, -0.2) is 4.39 Å². The third-order valence-corrected chi connectivity index (χ3v) is 4.13. The number of halogens is 1. The van der Waals surface area contributed by atoms with Crippen LogP contribution in [-0.2, 0) is 13.1 Å². The van der Waals surface area contributed by atoms with Crippen molar-refractivity contribution in [2.45, 2.75) is 13.1 Å². The topological polar surface area (TPSA) is 33.5 Å². The number of nitrogens with zero attached hydrogens (tertiary/aromatic N) is 1. The Bertz CT molecular complexity index is 702. The van der Waals surface area contributed by atoms with Gasteiger partial charge in [0.2, 0.25) is 0 Å². The summed E-state index contributed by atoms with van der Waals surface area (Å²) in [5.41, 5.74) is 0.962. The molecule has 0 bridgehead atoms. The molecule has 22 heavy (non-hydrogen) atoms. The summed E-state index contributed by atoms with van der Waals surface area (Å²) in [6.45, 7) is 0.817. The van der Waals surface area contributed by atoms with Crippen LogP contribution in [0.2, 0.25) is 0 Å². The summed E-state index contributed by atoms with van der Waals surface area (Å²) in [6, 6.07) is 11.7. The molecule has 0 unspecified atom stereocenters. The molecule has 1 amide bonds. The number of furan rings is 1. The maximum absolute atomic E-state index is 13.9. The van der Waals surface area contributed by atoms with Crippen LogP contribution in [-0.4, -0.2) is 10.8 Å². The van der Waals surface area contributed by atoms with E-state index in [2.05, 4.69) is 0 Å². The van der Waals surface area contributed by atoms with Gasteiger partial charge in [0.1, 0.15) is 5.82 Å². The zero-order valence-corrected chi connectivity index (χ0v) is 12.6. The monoisotopic (exact) mass is 315 g/mol. The Morgan fingerprint density at radius 1 is 1.14 bits per heavy atom. The molecule has 3 aromatic rings. The second-order valence-corrected chi connectivity index (χ2v) is 5.88. The minimum atomic E-state index is -0.504. The summed E-state index contributed by atoms with van der Waals surface area (Å²) in [5.74, 6) is -0.830. The fraction of sp³-hybridized carbons (Fsp3) is 0.118. The molecule has 0 fully saturated rings. The summed E-state index contributed by atoms with van der Waals surface area (Å²) in [4.78, 5) is 15.3. The molecule has 3 rings (SSSR count). The molecule has 0 aliphatic heterocycles. The standard InChI is InChI=1S/C17H14FNO2S/c18-16-6-2-1-5-15(16)17(20)19(10-13-7-8-21-12-13)11-14-4-3-9-22-14/h1-9,12H,10-11H2. The molecule has 0 spiro atoms. The Hall–Kier alpha value is -2.40. The van der Waals surface area contributed by atoms with Crippen molar-refractivity contribution in [2.75, 3.05) is 0 Å². The van der Waals surface area contributed by atoms with Gasteiger partial charge in [0.15, 0.2) is 0 Å². The fourth-order valence-corrected chi connectivity index (χ4v) is 2.92. The minimum Gasteiger partial charge on any atom is -0.472 e. The first-order chi connectivity index (χ1) is 10.7. The summed E-state index contributed by atoms with van der Waals surface area (Å²) in [5, 5.41) is 1.96. The van der Waals surface area contributed by atoms with E-state index in [1.165, 1.54) is 12.1 Å². The molecular weight excluding hydrogens is 301 g/mol. The normalized spacial score (nSPS) is 10.6. The van der Waals surface area contributed by atoms with Gasteiger partial charge in [0.05, 0.1) is 24.6 Å². The molecule has 0 saturated carbocycles. The van der Waals surface area contributed by atoms with Crippen LogP contribution >= 0.6 is 11.3 Å². The average molecular weight is 315 g/mol. The van der Waals surface area contributed by atoms with Crippen LogP contribution in [0.1, 0.15) is 20.8 Å². The first-order valence-electron chi connectivity index (χ1n) is 6.81. The number of thiophene rings is 1. The van der Waals surface area contributed by atoms with Gasteiger partial charge in [-0.05, 0) is 29.6 Å². The van der Waals surface area contributed by atoms with Crippen molar-refractivity contribution in [2.24, 2.45) is 0 Å². The Labute approximate surface area is 131 Å². The molecule has 3 nitrogen and oxygen atoms in total. The second kappa shape index (κ2) is 6.58. The smallest absolute Gasteiger partial charge is 0.257 e. The van der Waals surface area contributed by atoms with Crippen LogP contribution in [0, 0.1) is 5.82 Å². The molecule has 5 heteroatoms. The maximum atomic E-state index is 13.9. The Morgan fingerprint density at radius 3 is 2.68 bits per heavy atom. The van der Waals surface area contributed by atoms with Gasteiger partial charge in [-0.2, -0.15) is 0 Å². The van der Waals surface area contributed by atoms with Crippen LogP contribution in [0.4, 0.5) is 4.39 Å². The molecule has 0 aliphatic rings. The number of hydrogen-bond acceptors (Lipinski definition) is 3. The van der Waals surface area contributed by atoms with Crippen LogP contribution in [0.3, 0.4) is 0 Å². The van der Waals surface area contributed by atoms with Crippen LogP contribution in [0.25, 0.3) is 0 Å². The van der Waals surface area contributed by atoms with Crippen molar-refractivity contribution in [1.82, 2.24) is 4.90 Å². The summed E-state index contributed by atoms with van der Waals surface area (Å²) >= 11 is 1.57. The quantitative estimate of drug-likeness (QED) is 0.702. The van der Waals surface area contributed by atoms with E-state index in [9.17, 15) is 9.18 Å². The van der Waals surface area contributed by atoms with Gasteiger partial charge in [0.25, 0.3) is 5.91 Å². The van der Waals surface area contributed by atoms with E-state index >= 15 is 0 Å². The van der Waals surface area contributed by atoms with E-state index < -0.39 is 5.82 Å². The van der Waals surface area contributed by atoms with Gasteiger partial charge < -0.3 is 9.32 Å². The third-order valence-electron chi connectivity index (χ3n) is 3.27. The maximum Gasteiger partial charge on any atom is 0.257 e. The van der Waals surface area contributed by atoms with E-state index in [1.54, 1.807) is 47.0 Å². The average Bonchev–Trinajstić information content (AvgIpc) is 3.20. The van der Waals surface area contributed by atoms with Crippen LogP contribution in [0.15, 0.2) is 64.8 Å². The largest absolute Gasteiger partial charge is 0.472 e. The highest BCUT2D eigenvalue weighted by Gasteiger charge is 2.20. The molecule has 1 aromatic carbocycles. The molecule has 0 radical (unpaired) electrons. The highest BCUT2D eigenvalue weighted by molar-refractivity contribution is 7.09. The lowest BCUT2D eigenvalue weighted by Crippen LogP contribution is -2.30. The first kappa shape index (κ1) is 14.5. The molecule has 2 aromatic heterocycles. The van der Waals surface area contributed by atoms with E-state index in [1.807, 2.05) is 17.5 Å². The SMILES string of the molecule is O=C(c1ccccc1F)N(Cc1ccoc1)Cc1cccs1. The van der Waals surface area contributed by atoms with Crippen molar-refractivity contribution in [1.29, 1.82) is 0 Å². The fourth-order valence-electron chi connectivity index (χ4n) is 2.20. The zero-order chi connectivity index (χ0) is 15.4. The second-order valence-electron chi connectivity index (χ2n) is 4.85. The Kier molecular flexibility index (Phi) is 4.34. The van der Waals surface area contributed by atoms with Crippen LogP contribution in [0.5, 0.6) is 0 Å². The lowest BCUT2D eigenvalue weighted by molar-refractivity contribution is 0.0727. The molecule has 0 aliphatic carbocycles. The number of carbonyl (C=O) groups excluding carboxylic acids is 1. The molecule has 2 heterocycles. The zero-order valence-electron chi connectivity index (χ0n) is 11.7. The highest BCUT2D eigenvalue weighted by Crippen LogP contribution is 2.18. The number of carbonyl (C=O) groups is 1. The number of benzene rings is 1.